The second kappa shape index (κ2) is 5.83. The van der Waals surface area contributed by atoms with Crippen molar-refractivity contribution in [1.82, 2.24) is 4.72 Å². The van der Waals surface area contributed by atoms with Crippen molar-refractivity contribution in [2.24, 2.45) is 22.7 Å². The predicted octanol–water partition coefficient (Wildman–Crippen LogP) is 3.27. The van der Waals surface area contributed by atoms with E-state index in [9.17, 15) is 13.2 Å². The van der Waals surface area contributed by atoms with Crippen LogP contribution in [-0.4, -0.2) is 26.0 Å². The lowest BCUT2D eigenvalue weighted by atomic mass is 9.70. The van der Waals surface area contributed by atoms with Crippen molar-refractivity contribution in [3.05, 3.63) is 0 Å². The van der Waals surface area contributed by atoms with E-state index in [1.807, 2.05) is 0 Å². The SMILES string of the molecule is CC[C@@H]1CCC[C@H](NS(=O)(=O)C[C@@]23CC[C@@H](CC2=O)C3(C)C)C1. The van der Waals surface area contributed by atoms with Crippen molar-refractivity contribution in [3.8, 4) is 0 Å². The first-order valence-corrected chi connectivity index (χ1v) is 10.9. The van der Waals surface area contributed by atoms with Crippen LogP contribution in [-0.2, 0) is 14.8 Å². The maximum Gasteiger partial charge on any atom is 0.212 e. The molecule has 0 aromatic rings. The molecule has 3 saturated carbocycles. The lowest BCUT2D eigenvalue weighted by Crippen LogP contribution is -2.48. The fourth-order valence-electron chi connectivity index (χ4n) is 5.50. The maximum atomic E-state index is 12.8. The molecule has 0 radical (unpaired) electrons. The summed E-state index contributed by atoms with van der Waals surface area (Å²) in [5.74, 6) is 1.17. The number of sulfonamides is 1. The third-order valence-corrected chi connectivity index (χ3v) is 8.85. The van der Waals surface area contributed by atoms with Crippen LogP contribution >= 0.6 is 0 Å². The minimum absolute atomic E-state index is 0.00434. The van der Waals surface area contributed by atoms with Gasteiger partial charge in [0.2, 0.25) is 10.0 Å². The van der Waals surface area contributed by atoms with Gasteiger partial charge in [-0.05, 0) is 42.9 Å². The van der Waals surface area contributed by atoms with E-state index >= 15 is 0 Å². The zero-order chi connectivity index (χ0) is 16.9. The van der Waals surface area contributed by atoms with E-state index in [0.29, 0.717) is 18.3 Å². The standard InChI is InChI=1S/C18H31NO3S/c1-4-13-6-5-7-15(10-13)19-23(21,22)12-18-9-8-14(11-16(18)20)17(18,2)3/h13-15,19H,4-12H2,1-3H3/t13-,14+,15+,18+/m1/s1. The lowest BCUT2D eigenvalue weighted by Gasteiger charge is -2.37. The summed E-state index contributed by atoms with van der Waals surface area (Å²) in [5.41, 5.74) is -0.834. The summed E-state index contributed by atoms with van der Waals surface area (Å²) in [7, 11) is -3.41. The molecule has 0 unspecified atom stereocenters. The van der Waals surface area contributed by atoms with Crippen LogP contribution in [0.4, 0.5) is 0 Å². The Kier molecular flexibility index (Phi) is 4.41. The minimum Gasteiger partial charge on any atom is -0.299 e. The van der Waals surface area contributed by atoms with Gasteiger partial charge in [-0.1, -0.05) is 40.0 Å². The molecule has 5 heteroatoms. The smallest absolute Gasteiger partial charge is 0.212 e. The average Bonchev–Trinajstić information content (AvgIpc) is 2.80. The summed E-state index contributed by atoms with van der Waals surface area (Å²) in [6.45, 7) is 6.37. The second-order valence-electron chi connectivity index (χ2n) is 8.68. The molecule has 2 bridgehead atoms. The van der Waals surface area contributed by atoms with E-state index in [4.69, 9.17) is 0 Å². The van der Waals surface area contributed by atoms with Crippen molar-refractivity contribution in [2.45, 2.75) is 78.2 Å². The van der Waals surface area contributed by atoms with Crippen LogP contribution in [0.25, 0.3) is 0 Å². The van der Waals surface area contributed by atoms with Gasteiger partial charge in [0, 0.05) is 17.9 Å². The summed E-state index contributed by atoms with van der Waals surface area (Å²) in [6, 6.07) is 0.0620. The van der Waals surface area contributed by atoms with E-state index < -0.39 is 15.4 Å². The van der Waals surface area contributed by atoms with Gasteiger partial charge >= 0.3 is 0 Å². The summed E-state index contributed by atoms with van der Waals surface area (Å²) in [6.07, 6.45) is 7.63. The molecule has 0 spiro atoms. The summed E-state index contributed by atoms with van der Waals surface area (Å²) in [4.78, 5) is 12.5. The number of hydrogen-bond donors (Lipinski definition) is 1. The Hall–Kier alpha value is -0.420. The zero-order valence-corrected chi connectivity index (χ0v) is 15.5. The fraction of sp³-hybridized carbons (Fsp3) is 0.944. The molecule has 4 nitrogen and oxygen atoms in total. The van der Waals surface area contributed by atoms with E-state index in [-0.39, 0.29) is 23.0 Å². The van der Waals surface area contributed by atoms with Gasteiger partial charge in [0.05, 0.1) is 5.75 Å². The molecule has 3 aliphatic rings. The van der Waals surface area contributed by atoms with Crippen LogP contribution in [0.1, 0.15) is 72.1 Å². The van der Waals surface area contributed by atoms with Crippen molar-refractivity contribution in [2.75, 3.05) is 5.75 Å². The molecule has 0 heterocycles. The van der Waals surface area contributed by atoms with E-state index in [0.717, 1.165) is 38.5 Å². The highest BCUT2D eigenvalue weighted by Gasteiger charge is 2.65. The number of Topliss-reactive ketones (excluding diaryl/α,β-unsaturated/α-hetero) is 1. The summed E-state index contributed by atoms with van der Waals surface area (Å²) >= 11 is 0. The zero-order valence-electron chi connectivity index (χ0n) is 14.7. The molecule has 0 saturated heterocycles. The number of hydrogen-bond acceptors (Lipinski definition) is 3. The van der Waals surface area contributed by atoms with E-state index in [1.165, 1.54) is 6.42 Å². The number of fused-ring (bicyclic) bond motifs is 2. The molecule has 3 rings (SSSR count). The van der Waals surface area contributed by atoms with Gasteiger partial charge in [-0.15, -0.1) is 0 Å². The number of carbonyl (C=O) groups excluding carboxylic acids is 1. The predicted molar refractivity (Wildman–Crippen MR) is 91.5 cm³/mol. The van der Waals surface area contributed by atoms with Crippen molar-refractivity contribution < 1.29 is 13.2 Å². The van der Waals surface area contributed by atoms with Crippen LogP contribution in [0.15, 0.2) is 0 Å². The highest BCUT2D eigenvalue weighted by molar-refractivity contribution is 7.89. The molecule has 3 aliphatic carbocycles. The Labute approximate surface area is 140 Å². The summed E-state index contributed by atoms with van der Waals surface area (Å²) < 4.78 is 28.5. The molecule has 132 valence electrons. The third-order valence-electron chi connectivity index (χ3n) is 7.28. The molecular weight excluding hydrogens is 310 g/mol. The molecule has 4 atom stereocenters. The van der Waals surface area contributed by atoms with Crippen molar-refractivity contribution in [3.63, 3.8) is 0 Å². The molecule has 1 N–H and O–H groups in total. The molecule has 23 heavy (non-hydrogen) atoms. The molecule has 0 amide bonds. The van der Waals surface area contributed by atoms with Gasteiger partial charge in [0.1, 0.15) is 5.78 Å². The van der Waals surface area contributed by atoms with Crippen LogP contribution in [0.5, 0.6) is 0 Å². The molecule has 3 fully saturated rings. The van der Waals surface area contributed by atoms with Gasteiger partial charge in [-0.3, -0.25) is 4.79 Å². The Bertz CT molecular complexity index is 583. The highest BCUT2D eigenvalue weighted by Crippen LogP contribution is 2.64. The Balaban J connectivity index is 1.72. The average molecular weight is 342 g/mol. The first-order valence-electron chi connectivity index (χ1n) is 9.23. The van der Waals surface area contributed by atoms with E-state index in [1.54, 1.807) is 0 Å². The van der Waals surface area contributed by atoms with Gasteiger partial charge in [0.25, 0.3) is 0 Å². The quantitative estimate of drug-likeness (QED) is 0.835. The highest BCUT2D eigenvalue weighted by atomic mass is 32.2. The second-order valence-corrected chi connectivity index (χ2v) is 10.4. The van der Waals surface area contributed by atoms with Gasteiger partial charge in [0.15, 0.2) is 0 Å². The maximum absolute atomic E-state index is 12.8. The Morgan fingerprint density at radius 1 is 1.22 bits per heavy atom. The fourth-order valence-corrected chi connectivity index (χ4v) is 7.63. The van der Waals surface area contributed by atoms with Gasteiger partial charge in [-0.2, -0.15) is 0 Å². The number of rotatable bonds is 5. The van der Waals surface area contributed by atoms with Crippen LogP contribution in [0, 0.1) is 22.7 Å². The van der Waals surface area contributed by atoms with Crippen LogP contribution in [0.3, 0.4) is 0 Å². The number of carbonyl (C=O) groups is 1. The molecule has 0 aromatic carbocycles. The van der Waals surface area contributed by atoms with Crippen LogP contribution < -0.4 is 4.72 Å². The molecular formula is C18H31NO3S. The minimum atomic E-state index is -3.41. The summed E-state index contributed by atoms with van der Waals surface area (Å²) in [5, 5.41) is 0. The normalized spacial score (nSPS) is 39.8. The van der Waals surface area contributed by atoms with Crippen molar-refractivity contribution >= 4 is 15.8 Å². The Morgan fingerprint density at radius 3 is 2.52 bits per heavy atom. The van der Waals surface area contributed by atoms with Crippen molar-refractivity contribution in [1.29, 1.82) is 0 Å². The largest absolute Gasteiger partial charge is 0.299 e. The topological polar surface area (TPSA) is 63.2 Å². The van der Waals surface area contributed by atoms with Gasteiger partial charge < -0.3 is 0 Å². The first kappa shape index (κ1) is 17.4. The Morgan fingerprint density at radius 2 is 1.96 bits per heavy atom. The van der Waals surface area contributed by atoms with Gasteiger partial charge in [-0.25, -0.2) is 13.1 Å². The number of ketones is 1. The molecule has 0 aliphatic heterocycles. The van der Waals surface area contributed by atoms with E-state index in [2.05, 4.69) is 25.5 Å². The molecule has 0 aromatic heterocycles. The first-order chi connectivity index (χ1) is 10.7. The number of nitrogens with one attached hydrogen (secondary N) is 1. The third kappa shape index (κ3) is 2.88. The van der Waals surface area contributed by atoms with Crippen LogP contribution in [0.2, 0.25) is 0 Å². The lowest BCUT2D eigenvalue weighted by molar-refractivity contribution is -0.128. The monoisotopic (exact) mass is 341 g/mol.